The summed E-state index contributed by atoms with van der Waals surface area (Å²) in [4.78, 5) is 0. The van der Waals surface area contributed by atoms with Crippen LogP contribution < -0.4 is 0 Å². The lowest BCUT2D eigenvalue weighted by molar-refractivity contribution is 0.535. The van der Waals surface area contributed by atoms with Crippen molar-refractivity contribution in [3.05, 3.63) is 0 Å². The average Bonchev–Trinajstić information content (AvgIpc) is 3.11. The summed E-state index contributed by atoms with van der Waals surface area (Å²) in [5, 5.41) is 5.68. The largest absolute Gasteiger partial charge is 0.146 e. The Hall–Kier alpha value is 0.260. The number of unbranched alkanes of at least 4 members (excludes halogenated alkanes) is 12. The molecule has 0 saturated carbocycles. The zero-order valence-corrected chi connectivity index (χ0v) is 23.9. The molecule has 0 aliphatic rings. The molecule has 1 aromatic rings. The van der Waals surface area contributed by atoms with E-state index < -0.39 is 0 Å². The van der Waals surface area contributed by atoms with Crippen LogP contribution in [0.4, 0.5) is 0 Å². The first-order chi connectivity index (χ1) is 14.8. The van der Waals surface area contributed by atoms with Crippen LogP contribution in [0.2, 0.25) is 0 Å². The zero-order valence-electron chi connectivity index (χ0n) is 21.4. The molecule has 0 fully saturated rings. The molecule has 0 saturated heterocycles. The summed E-state index contributed by atoms with van der Waals surface area (Å²) in [7, 11) is 0. The van der Waals surface area contributed by atoms with Gasteiger partial charge in [0.15, 0.2) is 0 Å². The van der Waals surface area contributed by atoms with Crippen molar-refractivity contribution >= 4 is 35.1 Å². The lowest BCUT2D eigenvalue weighted by Crippen LogP contribution is -2.16. The van der Waals surface area contributed by atoms with E-state index in [1.807, 2.05) is 23.5 Å². The predicted molar refractivity (Wildman–Crippen MR) is 145 cm³/mol. The van der Waals surface area contributed by atoms with Gasteiger partial charge >= 0.3 is 0 Å². The summed E-state index contributed by atoms with van der Waals surface area (Å²) in [6.07, 6.45) is 21.9. The van der Waals surface area contributed by atoms with Gasteiger partial charge in [-0.15, -0.1) is 16.9 Å². The maximum atomic E-state index is 4.51. The molecule has 0 atom stereocenters. The van der Waals surface area contributed by atoms with Crippen LogP contribution in [-0.2, 0) is 0 Å². The minimum atomic E-state index is 0.233. The fraction of sp³-hybridized carbons (Fsp3) is 0.923. The van der Waals surface area contributed by atoms with E-state index in [9.17, 15) is 0 Å². The van der Waals surface area contributed by atoms with Crippen LogP contribution in [-0.4, -0.2) is 19.1 Å². The first-order valence-corrected chi connectivity index (χ1v) is 15.4. The number of hydrogen-bond acceptors (Lipinski definition) is 5. The molecule has 2 nitrogen and oxygen atoms in total. The maximum Gasteiger partial charge on any atom is 0.146 e. The van der Waals surface area contributed by atoms with Gasteiger partial charge in [0.05, 0.1) is 0 Å². The van der Waals surface area contributed by atoms with E-state index in [1.165, 1.54) is 107 Å². The standard InChI is InChI=1S/C26H50N2S3/c1-7-9-11-13-15-17-19-21-25(3,4)29-23-24(31-28-27-23)30-26(5,6)22-20-18-16-14-12-10-8-2/h7-22H2,1-6H3. The third kappa shape index (κ3) is 14.9. The molecule has 0 N–H and O–H groups in total. The van der Waals surface area contributed by atoms with Crippen LogP contribution in [0.1, 0.15) is 144 Å². The Labute approximate surface area is 207 Å². The Kier molecular flexibility index (Phi) is 15.9. The first-order valence-electron chi connectivity index (χ1n) is 13.0. The summed E-state index contributed by atoms with van der Waals surface area (Å²) in [6, 6.07) is 0. The van der Waals surface area contributed by atoms with Gasteiger partial charge < -0.3 is 0 Å². The van der Waals surface area contributed by atoms with Gasteiger partial charge in [-0.05, 0) is 24.4 Å². The van der Waals surface area contributed by atoms with Gasteiger partial charge in [-0.2, -0.15) is 0 Å². The van der Waals surface area contributed by atoms with E-state index in [0.717, 1.165) is 5.03 Å². The molecule has 1 aromatic heterocycles. The summed E-state index contributed by atoms with van der Waals surface area (Å²) in [6.45, 7) is 14.1. The van der Waals surface area contributed by atoms with Gasteiger partial charge in [0, 0.05) is 9.49 Å². The number of rotatable bonds is 20. The summed E-state index contributed by atoms with van der Waals surface area (Å²) >= 11 is 5.54. The minimum Gasteiger partial charge on any atom is -0.130 e. The molecule has 0 amide bonds. The van der Waals surface area contributed by atoms with Gasteiger partial charge in [-0.3, -0.25) is 0 Å². The van der Waals surface area contributed by atoms with Crippen molar-refractivity contribution in [1.82, 2.24) is 9.59 Å². The summed E-state index contributed by atoms with van der Waals surface area (Å²) in [5.74, 6) is 0. The van der Waals surface area contributed by atoms with E-state index in [1.54, 1.807) is 11.5 Å². The van der Waals surface area contributed by atoms with Crippen molar-refractivity contribution in [2.24, 2.45) is 0 Å². The molecule has 1 rings (SSSR count). The zero-order chi connectivity index (χ0) is 23.0. The summed E-state index contributed by atoms with van der Waals surface area (Å²) in [5.41, 5.74) is 0. The fourth-order valence-corrected chi connectivity index (χ4v) is 7.52. The van der Waals surface area contributed by atoms with Crippen molar-refractivity contribution in [3.63, 3.8) is 0 Å². The van der Waals surface area contributed by atoms with Crippen LogP contribution in [0.3, 0.4) is 0 Å². The molecule has 31 heavy (non-hydrogen) atoms. The SMILES string of the molecule is CCCCCCCCCC(C)(C)Sc1nnsc1SC(C)(C)CCCCCCCCC. The monoisotopic (exact) mass is 486 g/mol. The lowest BCUT2D eigenvalue weighted by Gasteiger charge is -2.25. The van der Waals surface area contributed by atoms with E-state index in [-0.39, 0.29) is 9.49 Å². The van der Waals surface area contributed by atoms with Crippen molar-refractivity contribution in [2.75, 3.05) is 0 Å². The number of thioether (sulfide) groups is 2. The maximum absolute atomic E-state index is 4.51. The van der Waals surface area contributed by atoms with Gasteiger partial charge in [-0.25, -0.2) is 0 Å². The quantitative estimate of drug-likeness (QED) is 0.135. The van der Waals surface area contributed by atoms with E-state index in [4.69, 9.17) is 0 Å². The second-order valence-corrected chi connectivity index (χ2v) is 14.8. The molecule has 1 heterocycles. The molecular weight excluding hydrogens is 437 g/mol. The third-order valence-electron chi connectivity index (χ3n) is 5.94. The molecule has 0 unspecified atom stereocenters. The highest BCUT2D eigenvalue weighted by Gasteiger charge is 2.27. The van der Waals surface area contributed by atoms with Crippen LogP contribution in [0.5, 0.6) is 0 Å². The molecule has 0 bridgehead atoms. The van der Waals surface area contributed by atoms with Crippen molar-refractivity contribution in [2.45, 2.75) is 163 Å². The molecule has 182 valence electrons. The van der Waals surface area contributed by atoms with Gasteiger partial charge in [0.1, 0.15) is 9.24 Å². The number of nitrogens with zero attached hydrogens (tertiary/aromatic N) is 2. The molecule has 0 spiro atoms. The second kappa shape index (κ2) is 16.8. The first kappa shape index (κ1) is 29.3. The molecule has 5 heteroatoms. The highest BCUT2D eigenvalue weighted by molar-refractivity contribution is 8.04. The normalized spacial score (nSPS) is 12.6. The Morgan fingerprint density at radius 3 is 1.52 bits per heavy atom. The molecule has 0 aliphatic carbocycles. The topological polar surface area (TPSA) is 25.8 Å². The van der Waals surface area contributed by atoms with Crippen LogP contribution >= 0.6 is 35.1 Å². The minimum absolute atomic E-state index is 0.233. The predicted octanol–water partition coefficient (Wildman–Crippen LogP) is 10.6. The van der Waals surface area contributed by atoms with Gasteiger partial charge in [0.25, 0.3) is 0 Å². The number of hydrogen-bond donors (Lipinski definition) is 0. The second-order valence-electron chi connectivity index (χ2n) is 10.3. The Morgan fingerprint density at radius 2 is 1.03 bits per heavy atom. The van der Waals surface area contributed by atoms with Gasteiger partial charge in [-0.1, -0.05) is 148 Å². The molecule has 0 aliphatic heterocycles. The van der Waals surface area contributed by atoms with Crippen molar-refractivity contribution < 1.29 is 0 Å². The van der Waals surface area contributed by atoms with E-state index in [0.29, 0.717) is 0 Å². The fourth-order valence-electron chi connectivity index (χ4n) is 3.93. The molecule has 0 radical (unpaired) electrons. The third-order valence-corrected chi connectivity index (χ3v) is 9.56. The van der Waals surface area contributed by atoms with Gasteiger partial charge in [0.2, 0.25) is 0 Å². The Balaban J connectivity index is 2.35. The Bertz CT molecular complexity index is 508. The van der Waals surface area contributed by atoms with Crippen LogP contribution in [0.15, 0.2) is 9.24 Å². The van der Waals surface area contributed by atoms with Crippen LogP contribution in [0, 0.1) is 0 Å². The van der Waals surface area contributed by atoms with E-state index in [2.05, 4.69) is 51.1 Å². The highest BCUT2D eigenvalue weighted by Crippen LogP contribution is 2.46. The molecule has 0 aromatic carbocycles. The lowest BCUT2D eigenvalue weighted by atomic mass is 10.0. The van der Waals surface area contributed by atoms with Crippen molar-refractivity contribution in [3.8, 4) is 0 Å². The molecular formula is C26H50N2S3. The summed E-state index contributed by atoms with van der Waals surface area (Å²) < 4.78 is 6.13. The highest BCUT2D eigenvalue weighted by atomic mass is 32.2. The number of aromatic nitrogens is 2. The van der Waals surface area contributed by atoms with Crippen molar-refractivity contribution in [1.29, 1.82) is 0 Å². The smallest absolute Gasteiger partial charge is 0.130 e. The van der Waals surface area contributed by atoms with Crippen LogP contribution in [0.25, 0.3) is 0 Å². The average molecular weight is 487 g/mol. The Morgan fingerprint density at radius 1 is 0.613 bits per heavy atom. The van der Waals surface area contributed by atoms with E-state index >= 15 is 0 Å².